The third-order valence-electron chi connectivity index (χ3n) is 3.89. The van der Waals surface area contributed by atoms with E-state index in [-0.39, 0.29) is 0 Å². The molecule has 5 heterocycles. The Morgan fingerprint density at radius 3 is 2.22 bits per heavy atom. The van der Waals surface area contributed by atoms with Crippen molar-refractivity contribution >= 4 is 27.2 Å². The Kier molecular flexibility index (Phi) is 3.85. The molecule has 4 aromatic heterocycles. The molecule has 1 aliphatic heterocycles. The number of rotatable bonds is 1. The van der Waals surface area contributed by atoms with Gasteiger partial charge in [0.2, 0.25) is 0 Å². The fourth-order valence-electron chi connectivity index (χ4n) is 2.49. The Labute approximate surface area is 141 Å². The van der Waals surface area contributed by atoms with Crippen LogP contribution in [0.1, 0.15) is 11.5 Å². The summed E-state index contributed by atoms with van der Waals surface area (Å²) in [4.78, 5) is 8.35. The van der Waals surface area contributed by atoms with Crippen LogP contribution in [0.15, 0.2) is 65.9 Å². The Morgan fingerprint density at radius 2 is 1.57 bits per heavy atom. The topological polar surface area (TPSA) is 43.8 Å². The zero-order chi connectivity index (χ0) is 15.6. The van der Waals surface area contributed by atoms with Crippen molar-refractivity contribution < 1.29 is 4.74 Å². The second kappa shape index (κ2) is 6.14. The van der Waals surface area contributed by atoms with E-state index in [2.05, 4.69) is 44.2 Å². The molecule has 0 amide bonds. The minimum Gasteiger partial charge on any atom is -0.380 e. The highest BCUT2D eigenvalue weighted by Gasteiger charge is 2.20. The smallest absolute Gasteiger partial charge is 0.137 e. The fraction of sp³-hybridized carbons (Fsp3) is 0.176. The van der Waals surface area contributed by atoms with Gasteiger partial charge in [-0.3, -0.25) is 0 Å². The maximum Gasteiger partial charge on any atom is 0.137 e. The molecule has 0 saturated carbocycles. The Balaban J connectivity index is 0.000000122. The molecule has 0 bridgehead atoms. The van der Waals surface area contributed by atoms with Gasteiger partial charge < -0.3 is 13.5 Å². The summed E-state index contributed by atoms with van der Waals surface area (Å²) in [5.41, 5.74) is 3.32. The third kappa shape index (κ3) is 3.00. The molecule has 5 nitrogen and oxygen atoms in total. The normalized spacial score (nSPS) is 14.5. The van der Waals surface area contributed by atoms with Crippen LogP contribution in [0.25, 0.3) is 11.3 Å². The predicted octanol–water partition coefficient (Wildman–Crippen LogP) is 3.54. The molecule has 1 saturated heterocycles. The van der Waals surface area contributed by atoms with Gasteiger partial charge in [0.05, 0.1) is 13.2 Å². The van der Waals surface area contributed by atoms with Crippen molar-refractivity contribution in [2.75, 3.05) is 13.2 Å². The standard InChI is InChI=1S/C10H10N2O.C7H5BrN2/c1-3-12-4-2-11-10(12)5-8(1)9-6-13-7-9;8-6-1-3-10-4-2-9-7(10)5-6/h1-5,9H,6-7H2;1-5H. The third-order valence-corrected chi connectivity index (χ3v) is 4.38. The lowest BCUT2D eigenvalue weighted by atomic mass is 9.99. The van der Waals surface area contributed by atoms with Gasteiger partial charge in [-0.1, -0.05) is 15.9 Å². The summed E-state index contributed by atoms with van der Waals surface area (Å²) in [6.07, 6.45) is 11.5. The quantitative estimate of drug-likeness (QED) is 0.514. The Morgan fingerprint density at radius 1 is 0.913 bits per heavy atom. The summed E-state index contributed by atoms with van der Waals surface area (Å²) >= 11 is 3.36. The van der Waals surface area contributed by atoms with E-state index < -0.39 is 0 Å². The number of nitrogens with zero attached hydrogens (tertiary/aromatic N) is 4. The highest BCUT2D eigenvalue weighted by Crippen LogP contribution is 2.24. The van der Waals surface area contributed by atoms with Gasteiger partial charge in [0.25, 0.3) is 0 Å². The Bertz CT molecular complexity index is 942. The summed E-state index contributed by atoms with van der Waals surface area (Å²) in [6, 6.07) is 8.23. The monoisotopic (exact) mass is 370 g/mol. The molecule has 0 atom stereocenters. The van der Waals surface area contributed by atoms with Crippen molar-refractivity contribution in [3.63, 3.8) is 0 Å². The number of imidazole rings is 2. The van der Waals surface area contributed by atoms with E-state index in [4.69, 9.17) is 4.74 Å². The van der Waals surface area contributed by atoms with Crippen molar-refractivity contribution in [1.82, 2.24) is 18.8 Å². The van der Waals surface area contributed by atoms with Crippen molar-refractivity contribution in [1.29, 1.82) is 0 Å². The number of aromatic nitrogens is 4. The molecule has 0 unspecified atom stereocenters. The maximum absolute atomic E-state index is 5.16. The summed E-state index contributed by atoms with van der Waals surface area (Å²) in [5, 5.41) is 0. The molecule has 5 rings (SSSR count). The number of fused-ring (bicyclic) bond motifs is 2. The van der Waals surface area contributed by atoms with Crippen LogP contribution in [0.5, 0.6) is 0 Å². The minimum atomic E-state index is 0.585. The van der Waals surface area contributed by atoms with Crippen molar-refractivity contribution in [2.24, 2.45) is 0 Å². The summed E-state index contributed by atoms with van der Waals surface area (Å²) in [7, 11) is 0. The summed E-state index contributed by atoms with van der Waals surface area (Å²) < 4.78 is 10.2. The van der Waals surface area contributed by atoms with Crippen molar-refractivity contribution in [3.05, 3.63) is 71.5 Å². The summed E-state index contributed by atoms with van der Waals surface area (Å²) in [5.74, 6) is 0.585. The van der Waals surface area contributed by atoms with Crippen LogP contribution in [0, 0.1) is 0 Å². The molecular weight excluding hydrogens is 356 g/mol. The molecule has 0 radical (unpaired) electrons. The van der Waals surface area contributed by atoms with Gasteiger partial charge in [-0.2, -0.15) is 0 Å². The first kappa shape index (κ1) is 14.4. The molecule has 0 aromatic carbocycles. The molecule has 0 aliphatic carbocycles. The van der Waals surface area contributed by atoms with Gasteiger partial charge in [-0.25, -0.2) is 9.97 Å². The first-order chi connectivity index (χ1) is 11.3. The molecule has 0 spiro atoms. The van der Waals surface area contributed by atoms with E-state index >= 15 is 0 Å². The van der Waals surface area contributed by atoms with Crippen LogP contribution in [0.3, 0.4) is 0 Å². The van der Waals surface area contributed by atoms with Gasteiger partial charge in [0, 0.05) is 47.6 Å². The second-order valence-corrected chi connectivity index (χ2v) is 6.34. The van der Waals surface area contributed by atoms with E-state index in [1.165, 1.54) is 5.56 Å². The fourth-order valence-corrected chi connectivity index (χ4v) is 2.82. The van der Waals surface area contributed by atoms with Crippen LogP contribution < -0.4 is 0 Å². The lowest BCUT2D eigenvalue weighted by Crippen LogP contribution is -2.25. The zero-order valence-electron chi connectivity index (χ0n) is 12.3. The van der Waals surface area contributed by atoms with Gasteiger partial charge in [-0.15, -0.1) is 0 Å². The average molecular weight is 371 g/mol. The van der Waals surface area contributed by atoms with Crippen molar-refractivity contribution in [3.8, 4) is 0 Å². The molecule has 23 heavy (non-hydrogen) atoms. The number of hydrogen-bond acceptors (Lipinski definition) is 3. The molecule has 6 heteroatoms. The van der Waals surface area contributed by atoms with E-state index in [1.54, 1.807) is 6.20 Å². The largest absolute Gasteiger partial charge is 0.380 e. The highest BCUT2D eigenvalue weighted by molar-refractivity contribution is 9.10. The number of pyridine rings is 2. The molecule has 1 aliphatic rings. The van der Waals surface area contributed by atoms with E-state index in [9.17, 15) is 0 Å². The van der Waals surface area contributed by atoms with Crippen LogP contribution in [-0.4, -0.2) is 32.0 Å². The van der Waals surface area contributed by atoms with Crippen molar-refractivity contribution in [2.45, 2.75) is 5.92 Å². The van der Waals surface area contributed by atoms with Crippen LogP contribution in [0.4, 0.5) is 0 Å². The molecule has 1 fully saturated rings. The van der Waals surface area contributed by atoms with Gasteiger partial charge in [0.15, 0.2) is 0 Å². The number of ether oxygens (including phenoxy) is 1. The van der Waals surface area contributed by atoms with Gasteiger partial charge in [0.1, 0.15) is 11.3 Å². The van der Waals surface area contributed by atoms with Crippen LogP contribution in [0.2, 0.25) is 0 Å². The lowest BCUT2D eigenvalue weighted by Gasteiger charge is -2.26. The first-order valence-corrected chi connectivity index (χ1v) is 8.17. The minimum absolute atomic E-state index is 0.585. The molecule has 116 valence electrons. The van der Waals surface area contributed by atoms with Crippen LogP contribution in [-0.2, 0) is 4.74 Å². The van der Waals surface area contributed by atoms with E-state index in [0.29, 0.717) is 5.92 Å². The van der Waals surface area contributed by atoms with Crippen LogP contribution >= 0.6 is 15.9 Å². The predicted molar refractivity (Wildman–Crippen MR) is 91.6 cm³/mol. The number of halogens is 1. The molecular formula is C17H15BrN4O. The van der Waals surface area contributed by atoms with Gasteiger partial charge in [-0.05, 0) is 29.8 Å². The lowest BCUT2D eigenvalue weighted by molar-refractivity contribution is 0.00843. The van der Waals surface area contributed by atoms with E-state index in [0.717, 1.165) is 29.0 Å². The maximum atomic E-state index is 5.16. The zero-order valence-corrected chi connectivity index (χ0v) is 13.9. The number of hydrogen-bond donors (Lipinski definition) is 0. The SMILES string of the molecule is Brc1ccn2ccnc2c1.c1cn2ccc(C3COC3)cc2n1. The summed E-state index contributed by atoms with van der Waals surface area (Å²) in [6.45, 7) is 1.72. The molecule has 4 aromatic rings. The molecule has 0 N–H and O–H groups in total. The second-order valence-electron chi connectivity index (χ2n) is 5.42. The Hall–Kier alpha value is -2.18. The van der Waals surface area contributed by atoms with Gasteiger partial charge >= 0.3 is 0 Å². The average Bonchev–Trinajstić information content (AvgIpc) is 3.13. The first-order valence-electron chi connectivity index (χ1n) is 7.38. The highest BCUT2D eigenvalue weighted by atomic mass is 79.9. The van der Waals surface area contributed by atoms with E-state index in [1.807, 2.05) is 45.7 Å².